The van der Waals surface area contributed by atoms with E-state index in [9.17, 15) is 9.36 Å². The van der Waals surface area contributed by atoms with Crippen LogP contribution < -0.4 is 16.4 Å². The maximum absolute atomic E-state index is 13.3. The van der Waals surface area contributed by atoms with E-state index in [1.165, 1.54) is 0 Å². The van der Waals surface area contributed by atoms with E-state index in [0.29, 0.717) is 29.3 Å². The molecule has 0 unspecified atom stereocenters. The smallest absolute Gasteiger partial charge is 0.255 e. The molecule has 1 aliphatic rings. The third kappa shape index (κ3) is 5.43. The standard InChI is InChI=1S/C30H30N3O2P/c31-28-16-15-26(24-7-3-1-4-8-24)21-29(28)32-30(34)25-13-11-23(12-14-25)22-33-17-19-36(35,20-18-33)27-9-5-2-6-10-27/h1-16,21H,17-20,22,31H2,(H,32,34). The van der Waals surface area contributed by atoms with Gasteiger partial charge in [0.1, 0.15) is 7.14 Å². The minimum Gasteiger partial charge on any atom is -0.397 e. The first kappa shape index (κ1) is 24.1. The third-order valence-corrected chi connectivity index (χ3v) is 9.90. The molecule has 0 spiro atoms. The number of carbonyl (C=O) groups is 1. The van der Waals surface area contributed by atoms with Gasteiger partial charge in [-0.3, -0.25) is 9.69 Å². The van der Waals surface area contributed by atoms with Gasteiger partial charge in [0.15, 0.2) is 0 Å². The highest BCUT2D eigenvalue weighted by molar-refractivity contribution is 7.71. The average molecular weight is 496 g/mol. The number of nitrogens with two attached hydrogens (primary N) is 1. The van der Waals surface area contributed by atoms with E-state index in [1.807, 2.05) is 103 Å². The van der Waals surface area contributed by atoms with E-state index in [0.717, 1.165) is 41.6 Å². The molecule has 0 aliphatic carbocycles. The van der Waals surface area contributed by atoms with Crippen LogP contribution in [0.4, 0.5) is 11.4 Å². The molecule has 5 nitrogen and oxygen atoms in total. The highest BCUT2D eigenvalue weighted by atomic mass is 31.2. The van der Waals surface area contributed by atoms with E-state index < -0.39 is 7.14 Å². The van der Waals surface area contributed by atoms with Gasteiger partial charge >= 0.3 is 0 Å². The van der Waals surface area contributed by atoms with Gasteiger partial charge in [0.05, 0.1) is 11.4 Å². The first-order chi connectivity index (χ1) is 17.5. The molecule has 3 N–H and O–H groups in total. The lowest BCUT2D eigenvalue weighted by Crippen LogP contribution is -2.36. The second-order valence-electron chi connectivity index (χ2n) is 9.27. The van der Waals surface area contributed by atoms with E-state index >= 15 is 0 Å². The van der Waals surface area contributed by atoms with Gasteiger partial charge in [-0.1, -0.05) is 78.9 Å². The number of carbonyl (C=O) groups excluding carboxylic acids is 1. The van der Waals surface area contributed by atoms with Gasteiger partial charge in [-0.25, -0.2) is 0 Å². The van der Waals surface area contributed by atoms with E-state index in [1.54, 1.807) is 0 Å². The molecule has 36 heavy (non-hydrogen) atoms. The summed E-state index contributed by atoms with van der Waals surface area (Å²) in [5.74, 6) is -0.194. The predicted molar refractivity (Wildman–Crippen MR) is 149 cm³/mol. The zero-order valence-corrected chi connectivity index (χ0v) is 21.0. The topological polar surface area (TPSA) is 75.4 Å². The van der Waals surface area contributed by atoms with Crippen molar-refractivity contribution in [3.63, 3.8) is 0 Å². The molecule has 1 heterocycles. The Bertz CT molecular complexity index is 1380. The van der Waals surface area contributed by atoms with E-state index in [4.69, 9.17) is 5.73 Å². The molecule has 0 aromatic heterocycles. The number of amides is 1. The molecule has 0 atom stereocenters. The van der Waals surface area contributed by atoms with Crippen LogP contribution in [0.15, 0.2) is 103 Å². The first-order valence-electron chi connectivity index (χ1n) is 12.2. The first-order valence-corrected chi connectivity index (χ1v) is 14.3. The average Bonchev–Trinajstić information content (AvgIpc) is 2.93. The van der Waals surface area contributed by atoms with Gasteiger partial charge in [-0.05, 0) is 41.0 Å². The molecule has 1 fully saturated rings. The minimum atomic E-state index is -2.29. The normalized spacial score (nSPS) is 15.3. The van der Waals surface area contributed by atoms with Gasteiger partial charge < -0.3 is 15.6 Å². The van der Waals surface area contributed by atoms with Crippen LogP contribution in [-0.4, -0.2) is 36.2 Å². The van der Waals surface area contributed by atoms with Crippen LogP contribution >= 0.6 is 7.14 Å². The van der Waals surface area contributed by atoms with Gasteiger partial charge in [0.25, 0.3) is 5.91 Å². The fraction of sp³-hybridized carbons (Fsp3) is 0.167. The second kappa shape index (κ2) is 10.5. The Kier molecular flexibility index (Phi) is 7.04. The molecule has 182 valence electrons. The van der Waals surface area contributed by atoms with Crippen molar-refractivity contribution in [1.29, 1.82) is 0 Å². The minimum absolute atomic E-state index is 0.194. The predicted octanol–water partition coefficient (Wildman–Crippen LogP) is 5.69. The lowest BCUT2D eigenvalue weighted by atomic mass is 10.0. The second-order valence-corrected chi connectivity index (χ2v) is 12.5. The quantitative estimate of drug-likeness (QED) is 0.266. The van der Waals surface area contributed by atoms with Crippen LogP contribution in [0, 0.1) is 0 Å². The van der Waals surface area contributed by atoms with E-state index in [2.05, 4.69) is 10.2 Å². The zero-order chi connectivity index (χ0) is 25.0. The van der Waals surface area contributed by atoms with Gasteiger partial charge in [0, 0.05) is 42.8 Å². The molecule has 1 amide bonds. The molecule has 0 radical (unpaired) electrons. The van der Waals surface area contributed by atoms with Crippen molar-refractivity contribution < 1.29 is 9.36 Å². The fourth-order valence-electron chi connectivity index (χ4n) is 4.63. The van der Waals surface area contributed by atoms with Gasteiger partial charge in [-0.2, -0.15) is 0 Å². The lowest BCUT2D eigenvalue weighted by Gasteiger charge is -2.32. The van der Waals surface area contributed by atoms with Crippen LogP contribution in [0.2, 0.25) is 0 Å². The Morgan fingerprint density at radius 2 is 1.44 bits per heavy atom. The van der Waals surface area contributed by atoms with Crippen LogP contribution in [0.25, 0.3) is 11.1 Å². The van der Waals surface area contributed by atoms with Crippen molar-refractivity contribution in [2.75, 3.05) is 36.5 Å². The van der Waals surface area contributed by atoms with Crippen molar-refractivity contribution in [2.45, 2.75) is 6.54 Å². The van der Waals surface area contributed by atoms with Crippen molar-refractivity contribution in [3.8, 4) is 11.1 Å². The molecule has 0 bridgehead atoms. The number of anilines is 2. The van der Waals surface area contributed by atoms with Crippen molar-refractivity contribution in [2.24, 2.45) is 0 Å². The van der Waals surface area contributed by atoms with Crippen molar-refractivity contribution in [3.05, 3.63) is 114 Å². The van der Waals surface area contributed by atoms with Gasteiger partial charge in [0.2, 0.25) is 0 Å². The summed E-state index contributed by atoms with van der Waals surface area (Å²) in [7, 11) is -2.29. The number of nitrogen functional groups attached to an aromatic ring is 1. The molecular formula is C30H30N3O2P. The molecular weight excluding hydrogens is 465 g/mol. The van der Waals surface area contributed by atoms with E-state index in [-0.39, 0.29) is 5.91 Å². The monoisotopic (exact) mass is 495 g/mol. The summed E-state index contributed by atoms with van der Waals surface area (Å²) >= 11 is 0. The van der Waals surface area contributed by atoms with Gasteiger partial charge in [-0.15, -0.1) is 0 Å². The molecule has 6 heteroatoms. The van der Waals surface area contributed by atoms with Crippen molar-refractivity contribution in [1.82, 2.24) is 4.90 Å². The zero-order valence-electron chi connectivity index (χ0n) is 20.1. The summed E-state index contributed by atoms with van der Waals surface area (Å²) in [5, 5.41) is 3.95. The van der Waals surface area contributed by atoms with Crippen LogP contribution in [0.3, 0.4) is 0 Å². The molecule has 1 aliphatic heterocycles. The maximum Gasteiger partial charge on any atom is 0.255 e. The third-order valence-electron chi connectivity index (χ3n) is 6.81. The van der Waals surface area contributed by atoms with Crippen LogP contribution in [0.1, 0.15) is 15.9 Å². The molecule has 1 saturated heterocycles. The lowest BCUT2D eigenvalue weighted by molar-refractivity contribution is 0.102. The largest absolute Gasteiger partial charge is 0.397 e. The number of nitrogens with one attached hydrogen (secondary N) is 1. The fourth-order valence-corrected chi connectivity index (χ4v) is 7.30. The Morgan fingerprint density at radius 3 is 2.11 bits per heavy atom. The Balaban J connectivity index is 1.20. The molecule has 4 aromatic rings. The molecule has 4 aromatic carbocycles. The highest BCUT2D eigenvalue weighted by Gasteiger charge is 2.30. The summed E-state index contributed by atoms with van der Waals surface area (Å²) in [4.78, 5) is 15.3. The highest BCUT2D eigenvalue weighted by Crippen LogP contribution is 2.46. The number of hydrogen-bond donors (Lipinski definition) is 2. The van der Waals surface area contributed by atoms with Crippen LogP contribution in [0.5, 0.6) is 0 Å². The Morgan fingerprint density at radius 1 is 0.806 bits per heavy atom. The SMILES string of the molecule is Nc1ccc(-c2ccccc2)cc1NC(=O)c1ccc(CN2CCP(=O)(c3ccccc3)CC2)cc1. The number of rotatable bonds is 6. The summed E-state index contributed by atoms with van der Waals surface area (Å²) in [5.41, 5.74) is 11.0. The summed E-state index contributed by atoms with van der Waals surface area (Å²) in [6.07, 6.45) is 1.42. The van der Waals surface area contributed by atoms with Crippen LogP contribution in [-0.2, 0) is 11.1 Å². The molecule has 5 rings (SSSR count). The summed E-state index contributed by atoms with van der Waals surface area (Å²) in [6, 6.07) is 33.2. The number of benzene rings is 4. The summed E-state index contributed by atoms with van der Waals surface area (Å²) in [6.45, 7) is 2.40. The molecule has 0 saturated carbocycles. The summed E-state index contributed by atoms with van der Waals surface area (Å²) < 4.78 is 13.3. The van der Waals surface area contributed by atoms with Crippen molar-refractivity contribution >= 4 is 29.7 Å². The Hall–Kier alpha value is -3.66. The Labute approximate surface area is 212 Å². The maximum atomic E-state index is 13.3. The number of hydrogen-bond acceptors (Lipinski definition) is 4. The number of nitrogens with zero attached hydrogens (tertiary/aromatic N) is 1.